The van der Waals surface area contributed by atoms with E-state index in [1.54, 1.807) is 18.2 Å². The van der Waals surface area contributed by atoms with Crippen LogP contribution < -0.4 is 21.3 Å². The molecule has 2 aliphatic rings. The highest BCUT2D eigenvalue weighted by Crippen LogP contribution is 2.29. The summed E-state index contributed by atoms with van der Waals surface area (Å²) >= 11 is 11.8. The van der Waals surface area contributed by atoms with E-state index in [4.69, 9.17) is 23.2 Å². The Bertz CT molecular complexity index is 1700. The van der Waals surface area contributed by atoms with Crippen molar-refractivity contribution < 1.29 is 22.8 Å². The minimum atomic E-state index is -4.40. The van der Waals surface area contributed by atoms with E-state index in [0.29, 0.717) is 33.4 Å². The Morgan fingerprint density at radius 3 is 1.52 bits per heavy atom. The molecule has 0 radical (unpaired) electrons. The van der Waals surface area contributed by atoms with E-state index in [9.17, 15) is 22.8 Å². The third-order valence-electron chi connectivity index (χ3n) is 8.97. The van der Waals surface area contributed by atoms with Gasteiger partial charge in [0.05, 0.1) is 15.6 Å². The normalized spacial score (nSPS) is 17.1. The van der Waals surface area contributed by atoms with Crippen molar-refractivity contribution >= 4 is 46.4 Å². The molecule has 2 aliphatic heterocycles. The number of anilines is 2. The van der Waals surface area contributed by atoms with Gasteiger partial charge in [0.25, 0.3) is 11.8 Å². The zero-order valence-electron chi connectivity index (χ0n) is 27.6. The lowest BCUT2D eigenvalue weighted by molar-refractivity contribution is -0.137. The second kappa shape index (κ2) is 17.9. The summed E-state index contributed by atoms with van der Waals surface area (Å²) in [5.41, 5.74) is 3.79. The standard InChI is InChI=1S/C20H21F3N2O.C19H20Cl2N2O/c21-20(22,23)16-8-6-15(7-9-16)19(26)25-18-11-4-14(5-12-18)3-10-17-2-1-13-24-17;20-17-10-6-14(12-18(17)21)19(24)23-16-8-4-13(5-9-16)3-7-15-2-1-11-22-15/h4-9,11-12,17,24H,1-3,10,13H2,(H,25,26);4-6,8-10,12,15,22H,1-3,7,11H2,(H,23,24). The molecule has 264 valence electrons. The molecule has 0 bridgehead atoms. The molecule has 4 N–H and O–H groups in total. The molecule has 6 nitrogen and oxygen atoms in total. The van der Waals surface area contributed by atoms with Crippen LogP contribution in [0.2, 0.25) is 10.0 Å². The largest absolute Gasteiger partial charge is 0.416 e. The molecule has 2 atom stereocenters. The molecular weight excluding hydrogens is 684 g/mol. The summed E-state index contributed by atoms with van der Waals surface area (Å²) in [6.45, 7) is 2.24. The highest BCUT2D eigenvalue weighted by Gasteiger charge is 2.30. The van der Waals surface area contributed by atoms with Crippen LogP contribution in [0.5, 0.6) is 0 Å². The molecule has 2 heterocycles. The monoisotopic (exact) mass is 724 g/mol. The van der Waals surface area contributed by atoms with E-state index in [1.807, 2.05) is 36.4 Å². The molecule has 0 spiro atoms. The number of halogens is 5. The predicted octanol–water partition coefficient (Wildman–Crippen LogP) is 9.57. The first kappa shape index (κ1) is 37.4. The molecule has 0 aromatic heterocycles. The van der Waals surface area contributed by atoms with Crippen molar-refractivity contribution in [3.63, 3.8) is 0 Å². The van der Waals surface area contributed by atoms with Gasteiger partial charge in [-0.2, -0.15) is 13.2 Å². The van der Waals surface area contributed by atoms with Crippen LogP contribution in [0, 0.1) is 0 Å². The van der Waals surface area contributed by atoms with E-state index < -0.39 is 17.6 Å². The minimum absolute atomic E-state index is 0.189. The van der Waals surface area contributed by atoms with Gasteiger partial charge in [-0.25, -0.2) is 0 Å². The van der Waals surface area contributed by atoms with Crippen molar-refractivity contribution in [1.82, 2.24) is 10.6 Å². The first-order valence-corrected chi connectivity index (χ1v) is 17.7. The van der Waals surface area contributed by atoms with E-state index in [-0.39, 0.29) is 11.5 Å². The number of alkyl halides is 3. The Balaban J connectivity index is 0.000000195. The van der Waals surface area contributed by atoms with Gasteiger partial charge in [-0.3, -0.25) is 9.59 Å². The van der Waals surface area contributed by atoms with Crippen LogP contribution in [0.15, 0.2) is 91.0 Å². The molecule has 4 aromatic rings. The van der Waals surface area contributed by atoms with Gasteiger partial charge in [-0.05, 0) is 142 Å². The molecular formula is C39H41Cl2F3N4O2. The number of benzene rings is 4. The Kier molecular flexibility index (Phi) is 13.3. The van der Waals surface area contributed by atoms with Crippen molar-refractivity contribution in [2.75, 3.05) is 23.7 Å². The summed E-state index contributed by atoms with van der Waals surface area (Å²) in [6.07, 6.45) is 4.90. The molecule has 2 saturated heterocycles. The molecule has 2 amide bonds. The van der Waals surface area contributed by atoms with Gasteiger partial charge in [0.1, 0.15) is 0 Å². The lowest BCUT2D eigenvalue weighted by Crippen LogP contribution is -2.21. The smallest absolute Gasteiger partial charge is 0.322 e. The number of rotatable bonds is 10. The van der Waals surface area contributed by atoms with Crippen LogP contribution in [0.25, 0.3) is 0 Å². The first-order valence-electron chi connectivity index (χ1n) is 16.9. The lowest BCUT2D eigenvalue weighted by atomic mass is 10.0. The second-order valence-electron chi connectivity index (χ2n) is 12.7. The molecule has 11 heteroatoms. The second-order valence-corrected chi connectivity index (χ2v) is 13.5. The summed E-state index contributed by atoms with van der Waals surface area (Å²) in [5.74, 6) is -0.627. The van der Waals surface area contributed by atoms with Gasteiger partial charge >= 0.3 is 6.18 Å². The van der Waals surface area contributed by atoms with Gasteiger partial charge < -0.3 is 21.3 Å². The minimum Gasteiger partial charge on any atom is -0.322 e. The van der Waals surface area contributed by atoms with Crippen LogP contribution in [0.1, 0.15) is 75.9 Å². The average molecular weight is 726 g/mol. The maximum atomic E-state index is 12.6. The van der Waals surface area contributed by atoms with Crippen molar-refractivity contribution in [3.05, 3.63) is 129 Å². The number of carbonyl (C=O) groups is 2. The molecule has 50 heavy (non-hydrogen) atoms. The predicted molar refractivity (Wildman–Crippen MR) is 195 cm³/mol. The number of amides is 2. The third-order valence-corrected chi connectivity index (χ3v) is 9.71. The van der Waals surface area contributed by atoms with Crippen molar-refractivity contribution in [1.29, 1.82) is 0 Å². The van der Waals surface area contributed by atoms with Gasteiger partial charge in [0, 0.05) is 34.6 Å². The van der Waals surface area contributed by atoms with Crippen LogP contribution in [-0.2, 0) is 19.0 Å². The van der Waals surface area contributed by atoms with Gasteiger partial charge in [0.2, 0.25) is 0 Å². The summed E-state index contributed by atoms with van der Waals surface area (Å²) < 4.78 is 37.7. The first-order chi connectivity index (χ1) is 24.0. The zero-order chi connectivity index (χ0) is 35.5. The fourth-order valence-corrected chi connectivity index (χ4v) is 6.35. The van der Waals surface area contributed by atoms with Crippen LogP contribution in [0.3, 0.4) is 0 Å². The topological polar surface area (TPSA) is 82.3 Å². The Morgan fingerprint density at radius 1 is 0.640 bits per heavy atom. The van der Waals surface area contributed by atoms with Crippen molar-refractivity contribution in [3.8, 4) is 0 Å². The van der Waals surface area contributed by atoms with E-state index in [0.717, 1.165) is 56.6 Å². The number of hydrogen-bond donors (Lipinski definition) is 4. The Hall–Kier alpha value is -3.89. The quantitative estimate of drug-likeness (QED) is 0.131. The fraction of sp³-hybridized carbons (Fsp3) is 0.333. The SMILES string of the molecule is O=C(Nc1ccc(CCC2CCCN2)cc1)c1ccc(C(F)(F)F)cc1.O=C(Nc1ccc(CCC2CCCN2)cc1)c1ccc(Cl)c(Cl)c1. The number of hydrogen-bond acceptors (Lipinski definition) is 4. The summed E-state index contributed by atoms with van der Waals surface area (Å²) in [4.78, 5) is 24.4. The highest BCUT2D eigenvalue weighted by atomic mass is 35.5. The average Bonchev–Trinajstić information content (AvgIpc) is 3.84. The lowest BCUT2D eigenvalue weighted by Gasteiger charge is -2.11. The van der Waals surface area contributed by atoms with Crippen LogP contribution in [-0.4, -0.2) is 37.0 Å². The van der Waals surface area contributed by atoms with Gasteiger partial charge in [0.15, 0.2) is 0 Å². The molecule has 4 aromatic carbocycles. The summed E-state index contributed by atoms with van der Waals surface area (Å²) in [7, 11) is 0. The number of aryl methyl sites for hydroxylation is 2. The fourth-order valence-electron chi connectivity index (χ4n) is 6.05. The van der Waals surface area contributed by atoms with Crippen molar-refractivity contribution in [2.45, 2.75) is 69.6 Å². The summed E-state index contributed by atoms with van der Waals surface area (Å²) in [6, 6.07) is 25.9. The van der Waals surface area contributed by atoms with Crippen LogP contribution >= 0.6 is 23.2 Å². The van der Waals surface area contributed by atoms with Gasteiger partial charge in [-0.15, -0.1) is 0 Å². The molecule has 0 aliphatic carbocycles. The Morgan fingerprint density at radius 2 is 1.10 bits per heavy atom. The maximum Gasteiger partial charge on any atom is 0.416 e. The van der Waals surface area contributed by atoms with Gasteiger partial charge in [-0.1, -0.05) is 47.5 Å². The van der Waals surface area contributed by atoms with Crippen molar-refractivity contribution in [2.24, 2.45) is 0 Å². The number of nitrogens with one attached hydrogen (secondary N) is 4. The van der Waals surface area contributed by atoms with E-state index in [2.05, 4.69) is 33.4 Å². The highest BCUT2D eigenvalue weighted by molar-refractivity contribution is 6.42. The molecule has 0 saturated carbocycles. The zero-order valence-corrected chi connectivity index (χ0v) is 29.1. The summed E-state index contributed by atoms with van der Waals surface area (Å²) in [5, 5.41) is 13.4. The number of carbonyl (C=O) groups excluding carboxylic acids is 2. The maximum absolute atomic E-state index is 12.6. The van der Waals surface area contributed by atoms with Crippen LogP contribution in [0.4, 0.5) is 24.5 Å². The molecule has 2 unspecified atom stereocenters. The van der Waals surface area contributed by atoms with E-state index in [1.165, 1.54) is 48.9 Å². The third kappa shape index (κ3) is 11.3. The molecule has 2 fully saturated rings. The van der Waals surface area contributed by atoms with E-state index >= 15 is 0 Å². The Labute approximate surface area is 301 Å². The molecule has 6 rings (SSSR count).